The summed E-state index contributed by atoms with van der Waals surface area (Å²) in [5, 5.41) is 2.54. The predicted molar refractivity (Wildman–Crippen MR) is 133 cm³/mol. The maximum absolute atomic E-state index is 5.30. The molecule has 2 heteroatoms. The Morgan fingerprint density at radius 1 is 0.645 bits per heavy atom. The molecular formula is C29H26N2. The molecular weight excluding hydrogens is 376 g/mol. The third-order valence-corrected chi connectivity index (χ3v) is 6.00. The van der Waals surface area contributed by atoms with Gasteiger partial charge in [-0.3, -0.25) is 4.57 Å². The molecule has 0 aliphatic heterocycles. The van der Waals surface area contributed by atoms with Crippen molar-refractivity contribution >= 4 is 33.3 Å². The smallest absolute Gasteiger partial charge is 0.114 e. The number of hydrogen-bond acceptors (Lipinski definition) is 1. The van der Waals surface area contributed by atoms with Gasteiger partial charge >= 0.3 is 0 Å². The van der Waals surface area contributed by atoms with Crippen molar-refractivity contribution in [3.63, 3.8) is 0 Å². The number of fused-ring (bicyclic) bond motifs is 3. The summed E-state index contributed by atoms with van der Waals surface area (Å²) in [5.74, 6) is 1.08. The number of nitrogens with zero attached hydrogens (tertiary/aromatic N) is 2. The maximum Gasteiger partial charge on any atom is 0.114 e. The first-order valence-electron chi connectivity index (χ1n) is 10.9. The van der Waals surface area contributed by atoms with Gasteiger partial charge in [-0.25, -0.2) is 4.99 Å². The quantitative estimate of drug-likeness (QED) is 0.217. The third-order valence-electron chi connectivity index (χ3n) is 6.00. The Balaban J connectivity index is 1.73. The summed E-state index contributed by atoms with van der Waals surface area (Å²) in [7, 11) is 0. The molecule has 152 valence electrons. The maximum atomic E-state index is 5.30. The van der Waals surface area contributed by atoms with Gasteiger partial charge in [0.25, 0.3) is 0 Å². The number of benzene rings is 4. The van der Waals surface area contributed by atoms with Gasteiger partial charge in [-0.1, -0.05) is 84.9 Å². The van der Waals surface area contributed by atoms with Crippen molar-refractivity contribution in [1.29, 1.82) is 0 Å². The van der Waals surface area contributed by atoms with Crippen LogP contribution in [0.1, 0.15) is 23.1 Å². The fourth-order valence-corrected chi connectivity index (χ4v) is 4.43. The number of para-hydroxylation sites is 3. The highest BCUT2D eigenvalue weighted by atomic mass is 15.1. The molecule has 1 aromatic heterocycles. The minimum Gasteiger partial charge on any atom is -0.297 e. The molecule has 0 amide bonds. The van der Waals surface area contributed by atoms with Crippen LogP contribution < -0.4 is 0 Å². The molecule has 1 heterocycles. The molecule has 0 fully saturated rings. The van der Waals surface area contributed by atoms with Gasteiger partial charge in [0.05, 0.1) is 16.7 Å². The fraction of sp³-hybridized carbons (Fsp3) is 0.138. The van der Waals surface area contributed by atoms with Gasteiger partial charge in [0.2, 0.25) is 0 Å². The molecule has 0 atom stereocenters. The zero-order valence-electron chi connectivity index (χ0n) is 18.0. The van der Waals surface area contributed by atoms with Crippen LogP contribution in [-0.2, 0) is 6.42 Å². The molecule has 0 N–H and O–H groups in total. The monoisotopic (exact) mass is 402 g/mol. The van der Waals surface area contributed by atoms with Crippen LogP contribution in [0.2, 0.25) is 0 Å². The van der Waals surface area contributed by atoms with Gasteiger partial charge in [-0.2, -0.15) is 0 Å². The predicted octanol–water partition coefficient (Wildman–Crippen LogP) is 7.62. The van der Waals surface area contributed by atoms with Gasteiger partial charge in [-0.05, 0) is 49.1 Å². The highest BCUT2D eigenvalue weighted by Crippen LogP contribution is 2.31. The van der Waals surface area contributed by atoms with E-state index in [1.165, 1.54) is 38.5 Å². The molecule has 0 radical (unpaired) electrons. The first kappa shape index (κ1) is 19.3. The molecule has 4 aromatic carbocycles. The van der Waals surface area contributed by atoms with Crippen LogP contribution >= 0.6 is 0 Å². The van der Waals surface area contributed by atoms with E-state index in [2.05, 4.69) is 115 Å². The number of aromatic nitrogens is 1. The molecule has 0 spiro atoms. The van der Waals surface area contributed by atoms with E-state index in [9.17, 15) is 0 Å². The van der Waals surface area contributed by atoms with Crippen LogP contribution in [-0.4, -0.2) is 10.4 Å². The Bertz CT molecular complexity index is 1320. The number of rotatable bonds is 4. The van der Waals surface area contributed by atoms with Crippen molar-refractivity contribution in [3.05, 3.63) is 114 Å². The molecule has 31 heavy (non-hydrogen) atoms. The summed E-state index contributed by atoms with van der Waals surface area (Å²) in [6, 6.07) is 34.4. The second-order valence-corrected chi connectivity index (χ2v) is 8.12. The normalized spacial score (nSPS) is 12.0. The van der Waals surface area contributed by atoms with Crippen molar-refractivity contribution in [2.75, 3.05) is 0 Å². The van der Waals surface area contributed by atoms with E-state index in [4.69, 9.17) is 4.99 Å². The summed E-state index contributed by atoms with van der Waals surface area (Å²) in [5.41, 5.74) is 7.24. The Hall–Kier alpha value is -3.65. The topological polar surface area (TPSA) is 17.3 Å². The average Bonchev–Trinajstić information content (AvgIpc) is 3.14. The third kappa shape index (κ3) is 3.66. The lowest BCUT2D eigenvalue weighted by Crippen LogP contribution is -2.13. The van der Waals surface area contributed by atoms with E-state index in [0.717, 1.165) is 24.4 Å². The van der Waals surface area contributed by atoms with E-state index < -0.39 is 0 Å². The van der Waals surface area contributed by atoms with Crippen molar-refractivity contribution in [2.24, 2.45) is 4.99 Å². The molecule has 5 aromatic rings. The highest BCUT2D eigenvalue weighted by molar-refractivity contribution is 6.14. The van der Waals surface area contributed by atoms with Crippen LogP contribution in [0.5, 0.6) is 0 Å². The minimum atomic E-state index is 0.862. The van der Waals surface area contributed by atoms with E-state index in [0.29, 0.717) is 0 Å². The number of hydrogen-bond donors (Lipinski definition) is 0. The second-order valence-electron chi connectivity index (χ2n) is 8.12. The SMILES string of the molecule is Cc1cccc(C)c1N=C(CCc1ccccc1)n1c2ccccc2c2ccccc21. The Morgan fingerprint density at radius 2 is 1.19 bits per heavy atom. The highest BCUT2D eigenvalue weighted by Gasteiger charge is 2.15. The van der Waals surface area contributed by atoms with Crippen LogP contribution in [0.3, 0.4) is 0 Å². The van der Waals surface area contributed by atoms with Crippen LogP contribution in [0.25, 0.3) is 21.8 Å². The number of aryl methyl sites for hydroxylation is 3. The number of aliphatic imine (C=N–C) groups is 1. The van der Waals surface area contributed by atoms with E-state index in [1.54, 1.807) is 0 Å². The summed E-state index contributed by atoms with van der Waals surface area (Å²) < 4.78 is 2.36. The standard InChI is InChI=1S/C29H26N2/c1-21-11-10-12-22(2)29(21)30-28(20-19-23-13-4-3-5-14-23)31-26-17-8-6-15-24(26)25-16-7-9-18-27(25)31/h3-18H,19-20H2,1-2H3. The summed E-state index contributed by atoms with van der Waals surface area (Å²) >= 11 is 0. The van der Waals surface area contributed by atoms with E-state index in [-0.39, 0.29) is 0 Å². The average molecular weight is 403 g/mol. The Morgan fingerprint density at radius 3 is 1.81 bits per heavy atom. The van der Waals surface area contributed by atoms with Crippen molar-refractivity contribution < 1.29 is 0 Å². The zero-order chi connectivity index (χ0) is 21.2. The molecule has 0 aliphatic rings. The zero-order valence-corrected chi connectivity index (χ0v) is 18.0. The summed E-state index contributed by atoms with van der Waals surface area (Å²) in [6.07, 6.45) is 1.81. The molecule has 0 unspecified atom stereocenters. The van der Waals surface area contributed by atoms with Gasteiger partial charge in [0, 0.05) is 17.2 Å². The minimum absolute atomic E-state index is 0.862. The second kappa shape index (κ2) is 8.23. The lowest BCUT2D eigenvalue weighted by Gasteiger charge is -2.14. The summed E-state index contributed by atoms with van der Waals surface area (Å²) in [6.45, 7) is 4.29. The molecule has 2 nitrogen and oxygen atoms in total. The fourth-order valence-electron chi connectivity index (χ4n) is 4.43. The van der Waals surface area contributed by atoms with Crippen molar-refractivity contribution in [2.45, 2.75) is 26.7 Å². The van der Waals surface area contributed by atoms with Crippen LogP contribution in [0, 0.1) is 13.8 Å². The van der Waals surface area contributed by atoms with Gasteiger partial charge < -0.3 is 0 Å². The lowest BCUT2D eigenvalue weighted by atomic mass is 10.1. The molecule has 5 rings (SSSR count). The van der Waals surface area contributed by atoms with Gasteiger partial charge in [-0.15, -0.1) is 0 Å². The van der Waals surface area contributed by atoms with Gasteiger partial charge in [0.15, 0.2) is 0 Å². The molecule has 0 bridgehead atoms. The van der Waals surface area contributed by atoms with Gasteiger partial charge in [0.1, 0.15) is 5.84 Å². The lowest BCUT2D eigenvalue weighted by molar-refractivity contribution is 0.992. The Labute approximate surface area is 183 Å². The molecule has 0 saturated carbocycles. The first-order chi connectivity index (χ1) is 15.2. The largest absolute Gasteiger partial charge is 0.297 e. The van der Waals surface area contributed by atoms with E-state index >= 15 is 0 Å². The first-order valence-corrected chi connectivity index (χ1v) is 10.9. The molecule has 0 saturated heterocycles. The summed E-state index contributed by atoms with van der Waals surface area (Å²) in [4.78, 5) is 5.30. The molecule has 0 aliphatic carbocycles. The van der Waals surface area contributed by atoms with Crippen molar-refractivity contribution in [1.82, 2.24) is 4.57 Å². The van der Waals surface area contributed by atoms with E-state index in [1.807, 2.05) is 0 Å². The van der Waals surface area contributed by atoms with Crippen molar-refractivity contribution in [3.8, 4) is 0 Å². The Kier molecular flexibility index (Phi) is 5.13. The van der Waals surface area contributed by atoms with Crippen LogP contribution in [0.15, 0.2) is 102 Å². The van der Waals surface area contributed by atoms with Crippen LogP contribution in [0.4, 0.5) is 5.69 Å².